The molecule has 21 heavy (non-hydrogen) atoms. The molecule has 2 rings (SSSR count). The first-order chi connectivity index (χ1) is 9.99. The number of amides is 1. The average molecular weight is 320 g/mol. The van der Waals surface area contributed by atoms with Gasteiger partial charge in [0.2, 0.25) is 5.91 Å². The number of nitrogens with one attached hydrogen (secondary N) is 1. The molecule has 0 atom stereocenters. The third kappa shape index (κ3) is 3.87. The zero-order valence-electron chi connectivity index (χ0n) is 11.8. The predicted octanol–water partition coefficient (Wildman–Crippen LogP) is 5.26. The fraction of sp³-hybridized carbons (Fsp3) is 0.118. The van der Waals surface area contributed by atoms with E-state index in [1.165, 1.54) is 6.08 Å². The number of carbonyl (C=O) groups is 1. The van der Waals surface area contributed by atoms with E-state index in [1.54, 1.807) is 24.3 Å². The van der Waals surface area contributed by atoms with Gasteiger partial charge < -0.3 is 5.32 Å². The van der Waals surface area contributed by atoms with Gasteiger partial charge in [0.15, 0.2) is 0 Å². The summed E-state index contributed by atoms with van der Waals surface area (Å²) in [6, 6.07) is 11.0. The molecule has 0 aliphatic carbocycles. The van der Waals surface area contributed by atoms with Crippen molar-refractivity contribution >= 4 is 40.9 Å². The normalized spacial score (nSPS) is 10.9. The Balaban J connectivity index is 2.15. The van der Waals surface area contributed by atoms with Crippen LogP contribution < -0.4 is 5.32 Å². The summed E-state index contributed by atoms with van der Waals surface area (Å²) >= 11 is 12.1. The average Bonchev–Trinajstić information content (AvgIpc) is 2.43. The summed E-state index contributed by atoms with van der Waals surface area (Å²) in [5.41, 5.74) is 3.62. The fourth-order valence-electron chi connectivity index (χ4n) is 1.89. The molecule has 108 valence electrons. The Morgan fingerprint density at radius 3 is 2.33 bits per heavy atom. The molecule has 1 amide bonds. The van der Waals surface area contributed by atoms with Crippen LogP contribution in [0.25, 0.3) is 6.08 Å². The summed E-state index contributed by atoms with van der Waals surface area (Å²) in [6.07, 6.45) is 3.04. The van der Waals surface area contributed by atoms with Crippen LogP contribution in [0.15, 0.2) is 42.5 Å². The molecule has 0 saturated heterocycles. The lowest BCUT2D eigenvalue weighted by atomic mass is 10.1. The summed E-state index contributed by atoms with van der Waals surface area (Å²) in [7, 11) is 0. The lowest BCUT2D eigenvalue weighted by Crippen LogP contribution is -2.09. The van der Waals surface area contributed by atoms with Crippen LogP contribution in [0.3, 0.4) is 0 Å². The van der Waals surface area contributed by atoms with E-state index in [1.807, 2.05) is 32.0 Å². The van der Waals surface area contributed by atoms with E-state index >= 15 is 0 Å². The van der Waals surface area contributed by atoms with Gasteiger partial charge in [0.25, 0.3) is 0 Å². The topological polar surface area (TPSA) is 29.1 Å². The van der Waals surface area contributed by atoms with E-state index in [-0.39, 0.29) is 5.91 Å². The number of anilines is 1. The van der Waals surface area contributed by atoms with Crippen molar-refractivity contribution < 1.29 is 4.79 Å². The van der Waals surface area contributed by atoms with Crippen molar-refractivity contribution in [1.82, 2.24) is 0 Å². The number of rotatable bonds is 3. The highest BCUT2D eigenvalue weighted by molar-refractivity contribution is 6.37. The molecule has 0 aliphatic rings. The maximum atomic E-state index is 12.0. The standard InChI is InChI=1S/C17H15Cl2NO/c1-11-5-3-8-16(12(11)2)20-17(21)10-9-13-14(18)6-4-7-15(13)19/h3-10H,1-2H3,(H,20,21)/b10-9+. The fourth-order valence-corrected chi connectivity index (χ4v) is 2.41. The number of aryl methyl sites for hydroxylation is 1. The van der Waals surface area contributed by atoms with Gasteiger partial charge in [-0.25, -0.2) is 0 Å². The molecular formula is C17H15Cl2NO. The van der Waals surface area contributed by atoms with Crippen molar-refractivity contribution in [2.24, 2.45) is 0 Å². The van der Waals surface area contributed by atoms with Crippen LogP contribution in [0.5, 0.6) is 0 Å². The smallest absolute Gasteiger partial charge is 0.248 e. The quantitative estimate of drug-likeness (QED) is 0.768. The first-order valence-electron chi connectivity index (χ1n) is 6.48. The molecule has 2 aromatic carbocycles. The Kier molecular flexibility index (Phi) is 5.05. The second kappa shape index (κ2) is 6.79. The highest BCUT2D eigenvalue weighted by Gasteiger charge is 2.05. The van der Waals surface area contributed by atoms with Crippen LogP contribution in [0, 0.1) is 13.8 Å². The highest BCUT2D eigenvalue weighted by Crippen LogP contribution is 2.25. The van der Waals surface area contributed by atoms with Gasteiger partial charge in [0.1, 0.15) is 0 Å². The molecule has 0 heterocycles. The summed E-state index contributed by atoms with van der Waals surface area (Å²) in [5.74, 6) is -0.223. The Morgan fingerprint density at radius 1 is 1.05 bits per heavy atom. The number of benzene rings is 2. The third-order valence-corrected chi connectivity index (χ3v) is 3.92. The van der Waals surface area contributed by atoms with Gasteiger partial charge in [-0.2, -0.15) is 0 Å². The van der Waals surface area contributed by atoms with Crippen molar-refractivity contribution in [2.75, 3.05) is 5.32 Å². The molecule has 2 nitrogen and oxygen atoms in total. The van der Waals surface area contributed by atoms with Crippen LogP contribution in [0.2, 0.25) is 10.0 Å². The van der Waals surface area contributed by atoms with Gasteiger partial charge in [0.05, 0.1) is 0 Å². The largest absolute Gasteiger partial charge is 0.322 e. The number of halogens is 2. The minimum absolute atomic E-state index is 0.223. The van der Waals surface area contributed by atoms with Crippen molar-refractivity contribution in [3.05, 3.63) is 69.2 Å². The van der Waals surface area contributed by atoms with Gasteiger partial charge in [-0.05, 0) is 49.2 Å². The summed E-state index contributed by atoms with van der Waals surface area (Å²) in [6.45, 7) is 3.98. The van der Waals surface area contributed by atoms with Gasteiger partial charge in [-0.15, -0.1) is 0 Å². The Labute approximate surface area is 134 Å². The second-order valence-electron chi connectivity index (χ2n) is 4.71. The molecule has 0 radical (unpaired) electrons. The maximum Gasteiger partial charge on any atom is 0.248 e. The predicted molar refractivity (Wildman–Crippen MR) is 90.0 cm³/mol. The highest BCUT2D eigenvalue weighted by atomic mass is 35.5. The molecule has 0 aromatic heterocycles. The lowest BCUT2D eigenvalue weighted by Gasteiger charge is -2.08. The SMILES string of the molecule is Cc1cccc(NC(=O)/C=C/c2c(Cl)cccc2Cl)c1C. The molecule has 4 heteroatoms. The van der Waals surface area contributed by atoms with E-state index in [2.05, 4.69) is 5.32 Å². The van der Waals surface area contributed by atoms with E-state index in [0.717, 1.165) is 16.8 Å². The van der Waals surface area contributed by atoms with Crippen molar-refractivity contribution in [3.63, 3.8) is 0 Å². The van der Waals surface area contributed by atoms with Crippen LogP contribution in [-0.2, 0) is 4.79 Å². The molecule has 0 unspecified atom stereocenters. The van der Waals surface area contributed by atoms with E-state index < -0.39 is 0 Å². The molecule has 0 fully saturated rings. The van der Waals surface area contributed by atoms with Crippen LogP contribution in [-0.4, -0.2) is 5.91 Å². The van der Waals surface area contributed by atoms with E-state index in [0.29, 0.717) is 15.6 Å². The maximum absolute atomic E-state index is 12.0. The van der Waals surface area contributed by atoms with Gasteiger partial charge in [-0.3, -0.25) is 4.79 Å². The molecule has 0 saturated carbocycles. The molecule has 0 spiro atoms. The molecular weight excluding hydrogens is 305 g/mol. The van der Waals surface area contributed by atoms with Crippen LogP contribution in [0.1, 0.15) is 16.7 Å². The van der Waals surface area contributed by atoms with Crippen LogP contribution in [0.4, 0.5) is 5.69 Å². The Morgan fingerprint density at radius 2 is 1.67 bits per heavy atom. The molecule has 2 aromatic rings. The summed E-state index contributed by atoms with van der Waals surface area (Å²) < 4.78 is 0. The van der Waals surface area contributed by atoms with Gasteiger partial charge in [0, 0.05) is 27.4 Å². The molecule has 0 aliphatic heterocycles. The second-order valence-corrected chi connectivity index (χ2v) is 5.52. The van der Waals surface area contributed by atoms with E-state index in [4.69, 9.17) is 23.2 Å². The first kappa shape index (κ1) is 15.6. The van der Waals surface area contributed by atoms with Crippen molar-refractivity contribution in [3.8, 4) is 0 Å². The third-order valence-electron chi connectivity index (χ3n) is 3.26. The first-order valence-corrected chi connectivity index (χ1v) is 7.24. The molecule has 0 bridgehead atoms. The number of hydrogen-bond donors (Lipinski definition) is 1. The monoisotopic (exact) mass is 319 g/mol. The number of hydrogen-bond acceptors (Lipinski definition) is 1. The van der Waals surface area contributed by atoms with Crippen molar-refractivity contribution in [2.45, 2.75) is 13.8 Å². The van der Waals surface area contributed by atoms with Crippen molar-refractivity contribution in [1.29, 1.82) is 0 Å². The lowest BCUT2D eigenvalue weighted by molar-refractivity contribution is -0.111. The van der Waals surface area contributed by atoms with E-state index in [9.17, 15) is 4.79 Å². The zero-order valence-corrected chi connectivity index (χ0v) is 13.3. The minimum Gasteiger partial charge on any atom is -0.322 e. The van der Waals surface area contributed by atoms with Gasteiger partial charge >= 0.3 is 0 Å². The molecule has 1 N–H and O–H groups in total. The summed E-state index contributed by atoms with van der Waals surface area (Å²) in [5, 5.41) is 3.87. The Bertz CT molecular complexity index is 688. The Hall–Kier alpha value is -1.77. The van der Waals surface area contributed by atoms with Crippen LogP contribution >= 0.6 is 23.2 Å². The van der Waals surface area contributed by atoms with Gasteiger partial charge in [-0.1, -0.05) is 41.4 Å². The summed E-state index contributed by atoms with van der Waals surface area (Å²) in [4.78, 5) is 12.0. The zero-order chi connectivity index (χ0) is 15.4. The number of carbonyl (C=O) groups excluding carboxylic acids is 1. The minimum atomic E-state index is -0.223.